The second-order valence-corrected chi connectivity index (χ2v) is 8.75. The summed E-state index contributed by atoms with van der Waals surface area (Å²) >= 11 is 3.84. The Kier molecular flexibility index (Phi) is 8.79. The molecule has 5 nitrogen and oxygen atoms in total. The Balaban J connectivity index is 2.36. The average molecular weight is 517 g/mol. The molecular formula is C21H20BrF3N2O3S. The van der Waals surface area contributed by atoms with Crippen molar-refractivity contribution in [1.29, 1.82) is 5.26 Å². The molecule has 2 atom stereocenters. The first kappa shape index (κ1) is 25.0. The van der Waals surface area contributed by atoms with Gasteiger partial charge >= 0.3 is 6.09 Å². The van der Waals surface area contributed by atoms with E-state index in [9.17, 15) is 28.3 Å². The van der Waals surface area contributed by atoms with Crippen LogP contribution >= 0.6 is 27.7 Å². The number of aliphatic hydroxyl groups is 1. The second-order valence-electron chi connectivity index (χ2n) is 6.75. The highest BCUT2D eigenvalue weighted by atomic mass is 79.9. The minimum absolute atomic E-state index is 0.124. The van der Waals surface area contributed by atoms with Gasteiger partial charge < -0.3 is 15.2 Å². The van der Waals surface area contributed by atoms with Crippen LogP contribution in [0.15, 0.2) is 46.9 Å². The number of hydrogen-bond donors (Lipinski definition) is 2. The number of nitrogens with one attached hydrogen (secondary N) is 1. The van der Waals surface area contributed by atoms with Gasteiger partial charge in [0.1, 0.15) is 19.4 Å². The van der Waals surface area contributed by atoms with Gasteiger partial charge in [-0.3, -0.25) is 0 Å². The number of alkyl halides is 1. The molecule has 0 bridgehead atoms. The van der Waals surface area contributed by atoms with E-state index in [-0.39, 0.29) is 17.5 Å². The predicted molar refractivity (Wildman–Crippen MR) is 115 cm³/mol. The number of carbonyl (C=O) groups excluding carboxylic acids is 1. The molecule has 2 rings (SSSR count). The summed E-state index contributed by atoms with van der Waals surface area (Å²) in [6.07, 6.45) is -0.324. The number of thioether (sulfide) groups is 1. The van der Waals surface area contributed by atoms with Crippen molar-refractivity contribution >= 4 is 33.8 Å². The number of hydrogen-bond acceptors (Lipinski definition) is 5. The molecule has 0 aliphatic carbocycles. The predicted octanol–water partition coefficient (Wildman–Crippen LogP) is 5.17. The molecule has 0 aliphatic rings. The maximum absolute atomic E-state index is 14.7. The Morgan fingerprint density at radius 1 is 1.29 bits per heavy atom. The lowest BCUT2D eigenvalue weighted by Crippen LogP contribution is -2.49. The molecule has 0 heterocycles. The summed E-state index contributed by atoms with van der Waals surface area (Å²) in [5, 5.41) is 21.7. The van der Waals surface area contributed by atoms with Gasteiger partial charge in [-0.05, 0) is 30.4 Å². The Bertz CT molecular complexity index is 961. The van der Waals surface area contributed by atoms with Crippen LogP contribution in [0.1, 0.15) is 24.0 Å². The van der Waals surface area contributed by atoms with Gasteiger partial charge in [-0.1, -0.05) is 46.3 Å². The molecule has 31 heavy (non-hydrogen) atoms. The molecule has 10 heteroatoms. The highest BCUT2D eigenvalue weighted by molar-refractivity contribution is 9.10. The normalized spacial score (nSPS) is 14.7. The summed E-state index contributed by atoms with van der Waals surface area (Å²) in [6, 6.07) is 12.4. The number of amides is 1. The number of halogens is 4. The summed E-state index contributed by atoms with van der Waals surface area (Å²) < 4.78 is 48.3. The highest BCUT2D eigenvalue weighted by Crippen LogP contribution is 2.36. The molecule has 0 spiro atoms. The quantitative estimate of drug-likeness (QED) is 0.273. The van der Waals surface area contributed by atoms with Crippen molar-refractivity contribution in [3.05, 3.63) is 69.7 Å². The zero-order valence-corrected chi connectivity index (χ0v) is 18.9. The van der Waals surface area contributed by atoms with Crippen LogP contribution in [-0.4, -0.2) is 29.1 Å². The lowest BCUT2D eigenvalue weighted by Gasteiger charge is -2.34. The largest absolute Gasteiger partial charge is 0.445 e. The number of ether oxygens (including phenoxy) is 1. The smallest absolute Gasteiger partial charge is 0.408 e. The van der Waals surface area contributed by atoms with Gasteiger partial charge in [0.2, 0.25) is 0 Å². The summed E-state index contributed by atoms with van der Waals surface area (Å²) in [4.78, 5) is 10.5. The first-order valence-corrected chi connectivity index (χ1v) is 11.1. The molecule has 0 fully saturated rings. The number of alkyl carbamates (subject to hydrolysis) is 1. The molecule has 2 unspecified atom stereocenters. The Labute approximate surface area is 190 Å². The van der Waals surface area contributed by atoms with Gasteiger partial charge in [0, 0.05) is 16.5 Å². The van der Waals surface area contributed by atoms with Crippen molar-refractivity contribution in [3.8, 4) is 6.07 Å². The molecule has 0 radical (unpaired) electrons. The summed E-state index contributed by atoms with van der Waals surface area (Å²) in [5.74, 6) is -2.60. The van der Waals surface area contributed by atoms with Crippen LogP contribution in [0.5, 0.6) is 0 Å². The van der Waals surface area contributed by atoms with Crippen molar-refractivity contribution in [2.75, 3.05) is 12.9 Å². The summed E-state index contributed by atoms with van der Waals surface area (Å²) in [7, 11) is 0. The molecule has 2 aromatic rings. The fraction of sp³-hybridized carbons (Fsp3) is 0.333. The maximum Gasteiger partial charge on any atom is 0.408 e. The van der Waals surface area contributed by atoms with E-state index < -0.39 is 46.9 Å². The topological polar surface area (TPSA) is 82.4 Å². The molecule has 2 N–H and O–H groups in total. The van der Waals surface area contributed by atoms with Gasteiger partial charge in [-0.15, -0.1) is 11.8 Å². The summed E-state index contributed by atoms with van der Waals surface area (Å²) in [5.41, 5.74) is -1.88. The van der Waals surface area contributed by atoms with Crippen LogP contribution in [0.4, 0.5) is 18.0 Å². The number of nitriles is 1. The SMILES string of the molecule is CSC(O)(C#N)CCC(CF)(NC(=O)OCc1ccccc1)c1cc(Br)cc(F)c1F. The lowest BCUT2D eigenvalue weighted by molar-refractivity contribution is 0.106. The van der Waals surface area contributed by atoms with Crippen molar-refractivity contribution in [2.45, 2.75) is 29.9 Å². The number of carbonyl (C=O) groups is 1. The molecule has 1 amide bonds. The van der Waals surface area contributed by atoms with Crippen molar-refractivity contribution in [2.24, 2.45) is 0 Å². The van der Waals surface area contributed by atoms with Crippen LogP contribution in [-0.2, 0) is 16.9 Å². The number of rotatable bonds is 9. The molecule has 166 valence electrons. The first-order chi connectivity index (χ1) is 14.7. The van der Waals surface area contributed by atoms with Gasteiger partial charge in [0.05, 0.1) is 5.54 Å². The van der Waals surface area contributed by atoms with Gasteiger partial charge in [-0.25, -0.2) is 18.0 Å². The third-order valence-corrected chi connectivity index (χ3v) is 6.12. The van der Waals surface area contributed by atoms with Crippen LogP contribution in [0, 0.1) is 23.0 Å². The second kappa shape index (κ2) is 10.9. The molecular weight excluding hydrogens is 497 g/mol. The van der Waals surface area contributed by atoms with Gasteiger partial charge in [-0.2, -0.15) is 5.26 Å². The van der Waals surface area contributed by atoms with E-state index in [2.05, 4.69) is 21.2 Å². The van der Waals surface area contributed by atoms with E-state index in [1.165, 1.54) is 6.26 Å². The third-order valence-electron chi connectivity index (χ3n) is 4.69. The molecule has 0 saturated heterocycles. The van der Waals surface area contributed by atoms with E-state index in [4.69, 9.17) is 4.74 Å². The monoisotopic (exact) mass is 516 g/mol. The number of benzene rings is 2. The zero-order valence-electron chi connectivity index (χ0n) is 16.5. The fourth-order valence-electron chi connectivity index (χ4n) is 2.88. The van der Waals surface area contributed by atoms with E-state index in [0.29, 0.717) is 5.56 Å². The van der Waals surface area contributed by atoms with E-state index in [0.717, 1.165) is 23.9 Å². The maximum atomic E-state index is 14.7. The summed E-state index contributed by atoms with van der Waals surface area (Å²) in [6.45, 7) is -1.46. The highest BCUT2D eigenvalue weighted by Gasteiger charge is 2.41. The van der Waals surface area contributed by atoms with Crippen LogP contribution in [0.2, 0.25) is 0 Å². The fourth-order valence-corrected chi connectivity index (χ4v) is 3.71. The van der Waals surface area contributed by atoms with Crippen molar-refractivity contribution in [3.63, 3.8) is 0 Å². The minimum Gasteiger partial charge on any atom is -0.445 e. The Morgan fingerprint density at radius 3 is 2.55 bits per heavy atom. The van der Waals surface area contributed by atoms with E-state index in [1.807, 2.05) is 0 Å². The molecule has 0 saturated carbocycles. The molecule has 0 aliphatic heterocycles. The van der Waals surface area contributed by atoms with E-state index >= 15 is 0 Å². The van der Waals surface area contributed by atoms with Crippen LogP contribution in [0.25, 0.3) is 0 Å². The van der Waals surface area contributed by atoms with Gasteiger partial charge in [0.25, 0.3) is 0 Å². The standard InChI is InChI=1S/C21H20BrF3N2O3S/c1-31-21(29,13-26)8-7-20(12-23,16-9-15(22)10-17(24)18(16)25)27-19(28)30-11-14-5-3-2-4-6-14/h2-6,9-10,29H,7-8,11-12H2,1H3,(H,27,28). The average Bonchev–Trinajstić information content (AvgIpc) is 2.78. The number of nitrogens with zero attached hydrogens (tertiary/aromatic N) is 1. The Morgan fingerprint density at radius 2 is 1.97 bits per heavy atom. The minimum atomic E-state index is -2.08. The van der Waals surface area contributed by atoms with Crippen LogP contribution < -0.4 is 5.32 Å². The first-order valence-electron chi connectivity index (χ1n) is 9.07. The van der Waals surface area contributed by atoms with Crippen molar-refractivity contribution in [1.82, 2.24) is 5.32 Å². The Hall–Kier alpha value is -2.22. The lowest BCUT2D eigenvalue weighted by atomic mass is 9.85. The van der Waals surface area contributed by atoms with Crippen molar-refractivity contribution < 1.29 is 27.8 Å². The third kappa shape index (κ3) is 6.38. The molecule has 0 aromatic heterocycles. The van der Waals surface area contributed by atoms with E-state index in [1.54, 1.807) is 36.4 Å². The molecule has 2 aromatic carbocycles. The zero-order chi connectivity index (χ0) is 23.1. The van der Waals surface area contributed by atoms with Gasteiger partial charge in [0.15, 0.2) is 16.6 Å². The van der Waals surface area contributed by atoms with Crippen LogP contribution in [0.3, 0.4) is 0 Å².